The quantitative estimate of drug-likeness (QED) is 0.783. The van der Waals surface area contributed by atoms with Gasteiger partial charge in [-0.1, -0.05) is 11.8 Å². The van der Waals surface area contributed by atoms with Crippen LogP contribution in [-0.2, 0) is 23.0 Å². The molecule has 1 aliphatic heterocycles. The number of thioether (sulfide) groups is 1. The first kappa shape index (κ1) is 12.4. The van der Waals surface area contributed by atoms with Crippen molar-refractivity contribution in [2.24, 2.45) is 7.05 Å². The van der Waals surface area contributed by atoms with E-state index >= 15 is 0 Å². The van der Waals surface area contributed by atoms with Crippen molar-refractivity contribution in [1.82, 2.24) is 14.8 Å². The number of aromatic nitrogens is 3. The topological polar surface area (TPSA) is 77.2 Å². The predicted octanol–water partition coefficient (Wildman–Crippen LogP) is 0.713. The van der Waals surface area contributed by atoms with E-state index in [1.54, 1.807) is 0 Å². The number of hydrogen-bond acceptors (Lipinski definition) is 5. The van der Waals surface area contributed by atoms with Crippen LogP contribution in [0.5, 0.6) is 0 Å². The summed E-state index contributed by atoms with van der Waals surface area (Å²) >= 11 is 1.18. The van der Waals surface area contributed by atoms with Gasteiger partial charge in [-0.15, -0.1) is 10.2 Å². The average molecular weight is 257 g/mol. The van der Waals surface area contributed by atoms with Crippen LogP contribution in [0.3, 0.4) is 0 Å². The minimum Gasteiger partial charge on any atom is -0.481 e. The fourth-order valence-corrected chi connectivity index (χ4v) is 2.43. The first-order valence-corrected chi connectivity index (χ1v) is 6.50. The summed E-state index contributed by atoms with van der Waals surface area (Å²) < 4.78 is 7.38. The number of carboxylic acid groups (broad SMARTS) is 1. The Morgan fingerprint density at radius 3 is 3.12 bits per heavy atom. The molecule has 17 heavy (non-hydrogen) atoms. The highest BCUT2D eigenvalue weighted by molar-refractivity contribution is 7.99. The molecule has 94 valence electrons. The van der Waals surface area contributed by atoms with Gasteiger partial charge in [0, 0.05) is 20.1 Å². The SMILES string of the molecule is Cn1c(CC2CCCO2)nnc1SCC(=O)O. The highest BCUT2D eigenvalue weighted by Gasteiger charge is 2.19. The average Bonchev–Trinajstić information content (AvgIpc) is 2.89. The van der Waals surface area contributed by atoms with Crippen LogP contribution in [0.25, 0.3) is 0 Å². The van der Waals surface area contributed by atoms with Crippen LogP contribution in [0.2, 0.25) is 0 Å². The monoisotopic (exact) mass is 257 g/mol. The van der Waals surface area contributed by atoms with Crippen LogP contribution in [0.1, 0.15) is 18.7 Å². The molecule has 0 radical (unpaired) electrons. The minimum atomic E-state index is -0.848. The van der Waals surface area contributed by atoms with E-state index in [0.717, 1.165) is 31.7 Å². The van der Waals surface area contributed by atoms with Gasteiger partial charge in [0.2, 0.25) is 0 Å². The fourth-order valence-electron chi connectivity index (χ4n) is 1.78. The first-order valence-electron chi connectivity index (χ1n) is 5.51. The van der Waals surface area contributed by atoms with E-state index in [-0.39, 0.29) is 11.9 Å². The first-order chi connectivity index (χ1) is 8.16. The van der Waals surface area contributed by atoms with Crippen molar-refractivity contribution in [3.05, 3.63) is 5.82 Å². The van der Waals surface area contributed by atoms with E-state index in [4.69, 9.17) is 9.84 Å². The lowest BCUT2D eigenvalue weighted by Crippen LogP contribution is -2.13. The number of hydrogen-bond donors (Lipinski definition) is 1. The molecule has 2 heterocycles. The minimum absolute atomic E-state index is 0.00586. The largest absolute Gasteiger partial charge is 0.481 e. The maximum Gasteiger partial charge on any atom is 0.313 e. The summed E-state index contributed by atoms with van der Waals surface area (Å²) in [5.74, 6) is 0.00906. The molecule has 1 aromatic rings. The van der Waals surface area contributed by atoms with Crippen LogP contribution in [0.4, 0.5) is 0 Å². The molecule has 7 heteroatoms. The molecule has 0 spiro atoms. The number of carbonyl (C=O) groups is 1. The molecule has 1 N–H and O–H groups in total. The number of rotatable bonds is 5. The fraction of sp³-hybridized carbons (Fsp3) is 0.700. The molecule has 2 rings (SSSR count). The Kier molecular flexibility index (Phi) is 4.01. The molecule has 0 aromatic carbocycles. The lowest BCUT2D eigenvalue weighted by atomic mass is 10.2. The summed E-state index contributed by atoms with van der Waals surface area (Å²) in [7, 11) is 1.86. The highest BCUT2D eigenvalue weighted by atomic mass is 32.2. The zero-order chi connectivity index (χ0) is 12.3. The summed E-state index contributed by atoms with van der Waals surface area (Å²) in [6.45, 7) is 0.823. The third kappa shape index (κ3) is 3.19. The molecule has 0 saturated carbocycles. The molecule has 1 unspecified atom stereocenters. The van der Waals surface area contributed by atoms with Crippen LogP contribution in [-0.4, -0.2) is 44.3 Å². The Balaban J connectivity index is 1.96. The normalized spacial score (nSPS) is 19.7. The number of ether oxygens (including phenoxy) is 1. The van der Waals surface area contributed by atoms with Crippen LogP contribution >= 0.6 is 11.8 Å². The van der Waals surface area contributed by atoms with Gasteiger partial charge in [0.05, 0.1) is 11.9 Å². The molecule has 0 aliphatic carbocycles. The van der Waals surface area contributed by atoms with Gasteiger partial charge in [-0.2, -0.15) is 0 Å². The summed E-state index contributed by atoms with van der Waals surface area (Å²) in [5.41, 5.74) is 0. The molecule has 1 saturated heterocycles. The Labute approximate surface area is 103 Å². The lowest BCUT2D eigenvalue weighted by Gasteiger charge is -2.08. The second-order valence-electron chi connectivity index (χ2n) is 3.98. The van der Waals surface area contributed by atoms with E-state index in [1.165, 1.54) is 11.8 Å². The maximum atomic E-state index is 10.5. The zero-order valence-corrected chi connectivity index (χ0v) is 10.4. The van der Waals surface area contributed by atoms with Crippen molar-refractivity contribution < 1.29 is 14.6 Å². The van der Waals surface area contributed by atoms with E-state index < -0.39 is 5.97 Å². The van der Waals surface area contributed by atoms with Crippen molar-refractivity contribution >= 4 is 17.7 Å². The van der Waals surface area contributed by atoms with Gasteiger partial charge in [-0.25, -0.2) is 0 Å². The molecular formula is C10H15N3O3S. The van der Waals surface area contributed by atoms with Gasteiger partial charge in [-0.3, -0.25) is 4.79 Å². The molecule has 1 fully saturated rings. The van der Waals surface area contributed by atoms with Gasteiger partial charge < -0.3 is 14.4 Å². The Hall–Kier alpha value is -1.08. The van der Waals surface area contributed by atoms with Crippen molar-refractivity contribution in [1.29, 1.82) is 0 Å². The van der Waals surface area contributed by atoms with Gasteiger partial charge >= 0.3 is 5.97 Å². The molecule has 1 aromatic heterocycles. The van der Waals surface area contributed by atoms with E-state index in [9.17, 15) is 4.79 Å². The summed E-state index contributed by atoms with van der Waals surface area (Å²) in [6, 6.07) is 0. The second kappa shape index (κ2) is 5.50. The number of carboxylic acids is 1. The second-order valence-corrected chi connectivity index (χ2v) is 4.92. The predicted molar refractivity (Wildman–Crippen MR) is 62.0 cm³/mol. The third-order valence-corrected chi connectivity index (χ3v) is 3.69. The van der Waals surface area contributed by atoms with Gasteiger partial charge in [0.15, 0.2) is 5.16 Å². The Morgan fingerprint density at radius 2 is 2.47 bits per heavy atom. The standard InChI is InChI=1S/C10H15N3O3S/c1-13-8(5-7-3-2-4-16-7)11-12-10(13)17-6-9(14)15/h7H,2-6H2,1H3,(H,14,15). The molecule has 6 nitrogen and oxygen atoms in total. The van der Waals surface area contributed by atoms with E-state index in [2.05, 4.69) is 10.2 Å². The van der Waals surface area contributed by atoms with Crippen LogP contribution in [0.15, 0.2) is 5.16 Å². The van der Waals surface area contributed by atoms with Gasteiger partial charge in [-0.05, 0) is 12.8 Å². The molecule has 0 bridgehead atoms. The van der Waals surface area contributed by atoms with Crippen LogP contribution < -0.4 is 0 Å². The van der Waals surface area contributed by atoms with E-state index in [0.29, 0.717) is 5.16 Å². The molecule has 0 amide bonds. The Morgan fingerprint density at radius 1 is 1.65 bits per heavy atom. The lowest BCUT2D eigenvalue weighted by molar-refractivity contribution is -0.133. The zero-order valence-electron chi connectivity index (χ0n) is 9.63. The summed E-state index contributed by atoms with van der Waals surface area (Å²) in [4.78, 5) is 10.5. The maximum absolute atomic E-state index is 10.5. The van der Waals surface area contributed by atoms with Gasteiger partial charge in [0.1, 0.15) is 5.82 Å². The number of nitrogens with zero attached hydrogens (tertiary/aromatic N) is 3. The summed E-state index contributed by atoms with van der Waals surface area (Å²) in [5, 5.41) is 17.3. The van der Waals surface area contributed by atoms with E-state index in [1.807, 2.05) is 11.6 Å². The van der Waals surface area contributed by atoms with Crippen molar-refractivity contribution in [3.8, 4) is 0 Å². The number of aliphatic carboxylic acids is 1. The van der Waals surface area contributed by atoms with Gasteiger partial charge in [0.25, 0.3) is 0 Å². The third-order valence-electron chi connectivity index (χ3n) is 2.68. The Bertz CT molecular complexity index is 402. The van der Waals surface area contributed by atoms with Crippen molar-refractivity contribution in [3.63, 3.8) is 0 Å². The van der Waals surface area contributed by atoms with Crippen molar-refractivity contribution in [2.75, 3.05) is 12.4 Å². The molecular weight excluding hydrogens is 242 g/mol. The molecule has 1 aliphatic rings. The summed E-state index contributed by atoms with van der Waals surface area (Å²) in [6.07, 6.45) is 3.14. The smallest absolute Gasteiger partial charge is 0.313 e. The molecule has 1 atom stereocenters. The van der Waals surface area contributed by atoms with Crippen LogP contribution in [0, 0.1) is 0 Å². The highest BCUT2D eigenvalue weighted by Crippen LogP contribution is 2.19. The van der Waals surface area contributed by atoms with Crippen molar-refractivity contribution in [2.45, 2.75) is 30.5 Å².